The van der Waals surface area contributed by atoms with E-state index in [1.165, 1.54) is 0 Å². The van der Waals surface area contributed by atoms with Crippen LogP contribution in [-0.2, 0) is 66.5 Å². The van der Waals surface area contributed by atoms with Crippen molar-refractivity contribution in [1.29, 1.82) is 0 Å². The highest BCUT2D eigenvalue weighted by molar-refractivity contribution is 8.07. The molecule has 0 radical (unpaired) electrons. The molecule has 0 aliphatic carbocycles. The highest BCUT2D eigenvalue weighted by Crippen LogP contribution is 2.31. The zero-order chi connectivity index (χ0) is 62.3. The molecule has 0 spiro atoms. The first-order valence-corrected chi connectivity index (χ1v) is 30.9. The van der Waals surface area contributed by atoms with Crippen molar-refractivity contribution in [1.82, 2.24) is 20.9 Å². The smallest absolute Gasteiger partial charge is 0.254 e. The van der Waals surface area contributed by atoms with Crippen molar-refractivity contribution >= 4 is 46.6 Å². The zero-order valence-corrected chi connectivity index (χ0v) is 54.6. The number of hydrogen-bond donors (Lipinski definition) is 3. The van der Waals surface area contributed by atoms with Crippen LogP contribution in [0.2, 0.25) is 0 Å². The Kier molecular flexibility index (Phi) is 39.5. The fourth-order valence-electron chi connectivity index (χ4n) is 7.62. The predicted octanol–water partition coefficient (Wildman–Crippen LogP) is 8.30. The van der Waals surface area contributed by atoms with Crippen LogP contribution >= 0.6 is 11.8 Å². The first-order valence-electron chi connectivity index (χ1n) is 29.7. The van der Waals surface area contributed by atoms with E-state index in [-0.39, 0.29) is 58.3 Å². The van der Waals surface area contributed by atoms with Gasteiger partial charge >= 0.3 is 0 Å². The second kappa shape index (κ2) is 42.3. The molecule has 0 atom stereocenters. The van der Waals surface area contributed by atoms with Crippen LogP contribution in [0.1, 0.15) is 138 Å². The Morgan fingerprint density at radius 3 is 1.28 bits per heavy atom. The molecule has 0 unspecified atom stereocenters. The summed E-state index contributed by atoms with van der Waals surface area (Å²) in [5, 5.41) is 9.23. The molecule has 0 bridgehead atoms. The molecule has 3 N–H and O–H groups in total. The third-order valence-corrected chi connectivity index (χ3v) is 13.8. The van der Waals surface area contributed by atoms with Gasteiger partial charge in [0, 0.05) is 84.1 Å². The fraction of sp³-hybridized carbons (Fsp3) is 0.794. The number of amides is 4. The van der Waals surface area contributed by atoms with Gasteiger partial charge in [0.25, 0.3) is 5.91 Å². The van der Waals surface area contributed by atoms with E-state index in [1.54, 1.807) is 16.7 Å². The first-order chi connectivity index (χ1) is 39.0. The molecule has 0 saturated heterocycles. The van der Waals surface area contributed by atoms with Gasteiger partial charge in [-0.3, -0.25) is 19.2 Å². The number of benzene rings is 1. The maximum Gasteiger partial charge on any atom is 0.254 e. The third kappa shape index (κ3) is 41.2. The minimum atomic E-state index is -0.438. The Labute approximate surface area is 504 Å². The minimum absolute atomic E-state index is 0.0503. The minimum Gasteiger partial charge on any atom is -0.380 e. The number of nitrogens with one attached hydrogen (secondary N) is 3. The Morgan fingerprint density at radius 2 is 0.855 bits per heavy atom. The summed E-state index contributed by atoms with van der Waals surface area (Å²) >= 11 is 1.56. The molecule has 0 aliphatic rings. The molecule has 19 nitrogen and oxygen atoms in total. The molecule has 0 fully saturated rings. The summed E-state index contributed by atoms with van der Waals surface area (Å²) in [6.07, 6.45) is 5.49. The number of hydrogen-bond acceptors (Lipinski definition) is 16. The second-order valence-electron chi connectivity index (χ2n) is 26.1. The molecule has 0 heterocycles. The van der Waals surface area contributed by atoms with Gasteiger partial charge in [0.2, 0.25) is 17.7 Å². The number of thioether (sulfide) groups is 1. The van der Waals surface area contributed by atoms with Crippen molar-refractivity contribution in [3.8, 4) is 0 Å². The molecular formula is C63H112N4O15S. The van der Waals surface area contributed by atoms with Crippen molar-refractivity contribution in [3.63, 3.8) is 0 Å². The van der Waals surface area contributed by atoms with Gasteiger partial charge in [-0.05, 0) is 47.6 Å². The number of ether oxygens (including phenoxy) is 10. The van der Waals surface area contributed by atoms with E-state index in [9.17, 15) is 24.0 Å². The van der Waals surface area contributed by atoms with E-state index in [0.29, 0.717) is 177 Å². The largest absolute Gasteiger partial charge is 0.380 e. The van der Waals surface area contributed by atoms with Gasteiger partial charge in [0.15, 0.2) is 0 Å². The van der Waals surface area contributed by atoms with Gasteiger partial charge in [-0.1, -0.05) is 109 Å². The standard InChI is InChI=1S/C63H112N4O15S/c1-51(83-15)52-17-19-53(20-18-52)56(71)67(24-29-75-33-37-79-41-39-77-35-31-73-27-16-26-68)25-30-76-34-38-80-42-40-78-36-32-74-28-21-54(69)64-44-60(7,8)48-81-47-59(5,6)43-55(70)65-45-61(9,10)49-82-50-62(11,12)46-66-57(72)63(13,14)23-22-58(2,3)4/h17-20,26H,1,16,21-25,27-50H2,2-15H3,(H,64,69)(H,65,70)(H,66,72). The molecule has 0 aromatic heterocycles. The summed E-state index contributed by atoms with van der Waals surface area (Å²) in [5.74, 6) is -0.219. The van der Waals surface area contributed by atoms with Crippen molar-refractivity contribution in [2.45, 2.75) is 122 Å². The third-order valence-electron chi connectivity index (χ3n) is 13.1. The number of nitrogens with zero attached hydrogens (tertiary/aromatic N) is 1. The lowest BCUT2D eigenvalue weighted by molar-refractivity contribution is -0.130. The van der Waals surface area contributed by atoms with E-state index >= 15 is 0 Å². The number of carbonyl (C=O) groups excluding carboxylic acids is 5. The molecule has 0 aliphatic heterocycles. The lowest BCUT2D eigenvalue weighted by Crippen LogP contribution is -2.44. The van der Waals surface area contributed by atoms with Gasteiger partial charge in [0.1, 0.15) is 6.29 Å². The van der Waals surface area contributed by atoms with Crippen LogP contribution < -0.4 is 16.0 Å². The Morgan fingerprint density at radius 1 is 0.482 bits per heavy atom. The van der Waals surface area contributed by atoms with Gasteiger partial charge in [0.05, 0.1) is 132 Å². The molecule has 83 heavy (non-hydrogen) atoms. The van der Waals surface area contributed by atoms with Crippen molar-refractivity contribution in [2.24, 2.45) is 32.5 Å². The van der Waals surface area contributed by atoms with Crippen LogP contribution in [-0.4, -0.2) is 206 Å². The maximum absolute atomic E-state index is 13.5. The van der Waals surface area contributed by atoms with Crippen LogP contribution in [0.3, 0.4) is 0 Å². The fourth-order valence-corrected chi connectivity index (χ4v) is 7.99. The van der Waals surface area contributed by atoms with Crippen molar-refractivity contribution in [2.75, 3.05) is 171 Å². The van der Waals surface area contributed by atoms with Crippen LogP contribution in [0.4, 0.5) is 0 Å². The van der Waals surface area contributed by atoms with Crippen LogP contribution in [0.25, 0.3) is 4.91 Å². The van der Waals surface area contributed by atoms with E-state index in [0.717, 1.165) is 29.6 Å². The highest BCUT2D eigenvalue weighted by atomic mass is 32.2. The Balaban J connectivity index is 2.24. The summed E-state index contributed by atoms with van der Waals surface area (Å²) in [4.78, 5) is 65.1. The first kappa shape index (κ1) is 77.5. The van der Waals surface area contributed by atoms with Crippen molar-refractivity contribution < 1.29 is 71.3 Å². The molecule has 1 aromatic carbocycles. The second-order valence-corrected chi connectivity index (χ2v) is 27.0. The SMILES string of the molecule is C=C(SC)c1ccc(C(=O)N(CCOCCOCCOCCOCCC=O)CCOCCOCCOCCOCCC(=O)NCC(C)(C)COCC(C)(C)CC(=O)NCC(C)(C)COCC(C)(C)CNC(=O)C(C)(C)CCC(C)(C)C)cc1. The van der Waals surface area contributed by atoms with Gasteiger partial charge in [-0.15, -0.1) is 11.8 Å². The number of rotatable bonds is 52. The predicted molar refractivity (Wildman–Crippen MR) is 330 cm³/mol. The molecule has 20 heteroatoms. The molecule has 0 saturated carbocycles. The summed E-state index contributed by atoms with van der Waals surface area (Å²) < 4.78 is 57.0. The number of carbonyl (C=O) groups is 5. The quantitative estimate of drug-likeness (QED) is 0.0413. The summed E-state index contributed by atoms with van der Waals surface area (Å²) in [5.41, 5.74) is 0.00455. The summed E-state index contributed by atoms with van der Waals surface area (Å²) in [6, 6.07) is 7.42. The van der Waals surface area contributed by atoms with E-state index in [1.807, 2.05) is 72.1 Å². The molecular weight excluding hydrogens is 1080 g/mol. The van der Waals surface area contributed by atoms with Gasteiger partial charge in [-0.2, -0.15) is 0 Å². The molecule has 4 amide bonds. The Bertz CT molecular complexity index is 1960. The lowest BCUT2D eigenvalue weighted by atomic mass is 9.79. The van der Waals surface area contributed by atoms with Crippen LogP contribution in [0, 0.1) is 32.5 Å². The Hall–Kier alpha value is -3.54. The maximum atomic E-state index is 13.5. The van der Waals surface area contributed by atoms with E-state index in [4.69, 9.17) is 47.4 Å². The monoisotopic (exact) mass is 1200 g/mol. The summed E-state index contributed by atoms with van der Waals surface area (Å²) in [7, 11) is 0. The lowest BCUT2D eigenvalue weighted by Gasteiger charge is -2.32. The normalized spacial score (nSPS) is 12.6. The van der Waals surface area contributed by atoms with Gasteiger partial charge in [-0.25, -0.2) is 0 Å². The van der Waals surface area contributed by atoms with Crippen LogP contribution in [0.15, 0.2) is 30.8 Å². The highest BCUT2D eigenvalue weighted by Gasteiger charge is 2.32. The average Bonchev–Trinajstić information content (AvgIpc) is 3.46. The van der Waals surface area contributed by atoms with Gasteiger partial charge < -0.3 is 73.0 Å². The average molecular weight is 1200 g/mol. The topological polar surface area (TPSA) is 217 Å². The van der Waals surface area contributed by atoms with E-state index < -0.39 is 10.8 Å². The summed E-state index contributed by atoms with van der Waals surface area (Å²) in [6.45, 7) is 40.9. The zero-order valence-electron chi connectivity index (χ0n) is 53.8. The van der Waals surface area contributed by atoms with Crippen LogP contribution in [0.5, 0.6) is 0 Å². The molecule has 480 valence electrons. The van der Waals surface area contributed by atoms with E-state index in [2.05, 4.69) is 71.0 Å². The number of aldehydes is 1. The molecule has 1 rings (SSSR count). The van der Waals surface area contributed by atoms with Crippen molar-refractivity contribution in [3.05, 3.63) is 42.0 Å². The molecule has 1 aromatic rings.